The molecule has 0 aliphatic heterocycles. The average molecular weight is 262 g/mol. The van der Waals surface area contributed by atoms with Crippen molar-refractivity contribution >= 4 is 23.8 Å². The van der Waals surface area contributed by atoms with Crippen LogP contribution in [-0.2, 0) is 4.79 Å². The Hall–Kier alpha value is -1.22. The molecule has 0 saturated heterocycles. The van der Waals surface area contributed by atoms with Gasteiger partial charge in [-0.25, -0.2) is 4.79 Å². The number of benzene rings is 1. The number of thioether (sulfide) groups is 1. The first-order valence-electron chi connectivity index (χ1n) is 6.42. The van der Waals surface area contributed by atoms with Gasteiger partial charge in [-0.2, -0.15) is 0 Å². The Morgan fingerprint density at radius 3 is 2.44 bits per heavy atom. The van der Waals surface area contributed by atoms with Crippen molar-refractivity contribution in [2.24, 2.45) is 0 Å². The lowest BCUT2D eigenvalue weighted by Gasteiger charge is -2.20. The molecule has 1 aromatic carbocycles. The first-order chi connectivity index (χ1) is 8.74. The van der Waals surface area contributed by atoms with Crippen molar-refractivity contribution in [1.82, 2.24) is 0 Å². The number of carbonyl (C=O) groups is 1. The van der Waals surface area contributed by atoms with Crippen LogP contribution in [0.1, 0.15) is 37.7 Å². The molecule has 1 saturated carbocycles. The topological polar surface area (TPSA) is 37.3 Å². The molecule has 2 nitrogen and oxygen atoms in total. The second-order valence-electron chi connectivity index (χ2n) is 4.62. The number of hydrogen-bond acceptors (Lipinski definition) is 2. The minimum absolute atomic E-state index is 0.763. The normalized spacial score (nSPS) is 17.1. The predicted octanol–water partition coefficient (Wildman–Crippen LogP) is 4.21. The standard InChI is InChI=1S/C15H18O2S/c16-15(17)11-8-12-6-9-14(10-7-12)18-13-4-2-1-3-5-13/h6-11,13H,1-5H2,(H,16,17). The van der Waals surface area contributed by atoms with Crippen molar-refractivity contribution in [3.05, 3.63) is 35.9 Å². The number of carboxylic acids is 1. The number of rotatable bonds is 4. The fraction of sp³-hybridized carbons (Fsp3) is 0.400. The first kappa shape index (κ1) is 13.2. The molecule has 2 rings (SSSR count). The summed E-state index contributed by atoms with van der Waals surface area (Å²) >= 11 is 1.96. The van der Waals surface area contributed by atoms with Crippen molar-refractivity contribution in [1.29, 1.82) is 0 Å². The summed E-state index contributed by atoms with van der Waals surface area (Å²) < 4.78 is 0. The summed E-state index contributed by atoms with van der Waals surface area (Å²) in [5.41, 5.74) is 0.936. The van der Waals surface area contributed by atoms with Gasteiger partial charge in [-0.05, 0) is 36.6 Å². The van der Waals surface area contributed by atoms with E-state index in [4.69, 9.17) is 5.11 Å². The van der Waals surface area contributed by atoms with Crippen LogP contribution in [0.2, 0.25) is 0 Å². The summed E-state index contributed by atoms with van der Waals surface area (Å²) in [6.07, 6.45) is 9.54. The summed E-state index contributed by atoms with van der Waals surface area (Å²) in [6.45, 7) is 0. The van der Waals surface area contributed by atoms with E-state index >= 15 is 0 Å². The van der Waals surface area contributed by atoms with Gasteiger partial charge in [0.25, 0.3) is 0 Å². The largest absolute Gasteiger partial charge is 0.478 e. The van der Waals surface area contributed by atoms with Crippen LogP contribution in [0.15, 0.2) is 35.2 Å². The van der Waals surface area contributed by atoms with E-state index in [1.807, 2.05) is 23.9 Å². The second-order valence-corrected chi connectivity index (χ2v) is 5.99. The summed E-state index contributed by atoms with van der Waals surface area (Å²) in [5, 5.41) is 9.32. The highest BCUT2D eigenvalue weighted by molar-refractivity contribution is 8.00. The van der Waals surface area contributed by atoms with Crippen molar-refractivity contribution < 1.29 is 9.90 Å². The second kappa shape index (κ2) is 6.64. The highest BCUT2D eigenvalue weighted by Gasteiger charge is 2.14. The molecule has 0 atom stereocenters. The Labute approximate surface area is 112 Å². The lowest BCUT2D eigenvalue weighted by Crippen LogP contribution is -2.07. The van der Waals surface area contributed by atoms with Crippen molar-refractivity contribution in [2.45, 2.75) is 42.2 Å². The third-order valence-electron chi connectivity index (χ3n) is 3.15. The van der Waals surface area contributed by atoms with Gasteiger partial charge < -0.3 is 5.11 Å². The Morgan fingerprint density at radius 1 is 1.17 bits per heavy atom. The van der Waals surface area contributed by atoms with Gasteiger partial charge in [0, 0.05) is 16.2 Å². The van der Waals surface area contributed by atoms with Crippen LogP contribution >= 0.6 is 11.8 Å². The van der Waals surface area contributed by atoms with Crippen LogP contribution in [0, 0.1) is 0 Å². The van der Waals surface area contributed by atoms with E-state index in [1.165, 1.54) is 43.1 Å². The number of hydrogen-bond donors (Lipinski definition) is 1. The maximum Gasteiger partial charge on any atom is 0.328 e. The maximum absolute atomic E-state index is 10.4. The molecule has 0 bridgehead atoms. The van der Waals surface area contributed by atoms with E-state index in [9.17, 15) is 4.79 Å². The van der Waals surface area contributed by atoms with Crippen LogP contribution in [0.5, 0.6) is 0 Å². The van der Waals surface area contributed by atoms with Crippen LogP contribution in [0.25, 0.3) is 6.08 Å². The summed E-state index contributed by atoms with van der Waals surface area (Å²) in [6, 6.07) is 8.12. The van der Waals surface area contributed by atoms with Crippen LogP contribution in [0.4, 0.5) is 0 Å². The molecular formula is C15H18O2S. The maximum atomic E-state index is 10.4. The van der Waals surface area contributed by atoms with Gasteiger partial charge in [0.2, 0.25) is 0 Å². The Morgan fingerprint density at radius 2 is 1.83 bits per heavy atom. The number of aliphatic carboxylic acids is 1. The zero-order valence-corrected chi connectivity index (χ0v) is 11.2. The van der Waals surface area contributed by atoms with E-state index in [0.717, 1.165) is 10.8 Å². The molecule has 18 heavy (non-hydrogen) atoms. The molecule has 96 valence electrons. The first-order valence-corrected chi connectivity index (χ1v) is 7.30. The van der Waals surface area contributed by atoms with Gasteiger partial charge in [0.1, 0.15) is 0 Å². The van der Waals surface area contributed by atoms with Crippen LogP contribution in [0.3, 0.4) is 0 Å². The zero-order chi connectivity index (χ0) is 12.8. The minimum Gasteiger partial charge on any atom is -0.478 e. The SMILES string of the molecule is O=C(O)C=Cc1ccc(SC2CCCCC2)cc1. The van der Waals surface area contributed by atoms with Crippen LogP contribution < -0.4 is 0 Å². The molecule has 3 heteroatoms. The molecule has 1 aliphatic rings. The fourth-order valence-corrected chi connectivity index (χ4v) is 3.45. The van der Waals surface area contributed by atoms with Crippen LogP contribution in [-0.4, -0.2) is 16.3 Å². The fourth-order valence-electron chi connectivity index (χ4n) is 2.20. The third-order valence-corrected chi connectivity index (χ3v) is 4.50. The van der Waals surface area contributed by atoms with E-state index in [0.29, 0.717) is 0 Å². The molecule has 0 radical (unpaired) electrons. The van der Waals surface area contributed by atoms with Gasteiger partial charge >= 0.3 is 5.97 Å². The van der Waals surface area contributed by atoms with E-state index in [-0.39, 0.29) is 0 Å². The lowest BCUT2D eigenvalue weighted by molar-refractivity contribution is -0.131. The Bertz CT molecular complexity index is 417. The molecule has 0 aromatic heterocycles. The molecule has 1 fully saturated rings. The highest BCUT2D eigenvalue weighted by atomic mass is 32.2. The van der Waals surface area contributed by atoms with Crippen molar-refractivity contribution in [3.63, 3.8) is 0 Å². The quantitative estimate of drug-likeness (QED) is 0.826. The van der Waals surface area contributed by atoms with E-state index < -0.39 is 5.97 Å². The van der Waals surface area contributed by atoms with E-state index in [2.05, 4.69) is 12.1 Å². The average Bonchev–Trinajstić information content (AvgIpc) is 2.39. The molecule has 0 spiro atoms. The number of carboxylic acid groups (broad SMARTS) is 1. The molecule has 1 aliphatic carbocycles. The zero-order valence-electron chi connectivity index (χ0n) is 10.3. The minimum atomic E-state index is -0.907. The van der Waals surface area contributed by atoms with Crippen molar-refractivity contribution in [3.8, 4) is 0 Å². The summed E-state index contributed by atoms with van der Waals surface area (Å²) in [7, 11) is 0. The molecule has 1 aromatic rings. The van der Waals surface area contributed by atoms with E-state index in [1.54, 1.807) is 6.08 Å². The molecule has 1 N–H and O–H groups in total. The van der Waals surface area contributed by atoms with Gasteiger partial charge in [-0.1, -0.05) is 31.4 Å². The van der Waals surface area contributed by atoms with Gasteiger partial charge in [0.15, 0.2) is 0 Å². The lowest BCUT2D eigenvalue weighted by atomic mass is 10.0. The Balaban J connectivity index is 1.92. The summed E-state index contributed by atoms with van der Waals surface area (Å²) in [4.78, 5) is 11.7. The smallest absolute Gasteiger partial charge is 0.328 e. The molecule has 0 amide bonds. The van der Waals surface area contributed by atoms with Crippen molar-refractivity contribution in [2.75, 3.05) is 0 Å². The monoisotopic (exact) mass is 262 g/mol. The Kier molecular flexibility index (Phi) is 4.88. The summed E-state index contributed by atoms with van der Waals surface area (Å²) in [5.74, 6) is -0.907. The van der Waals surface area contributed by atoms with Gasteiger partial charge in [-0.15, -0.1) is 11.8 Å². The molecule has 0 heterocycles. The third kappa shape index (κ3) is 4.22. The predicted molar refractivity (Wildman–Crippen MR) is 75.8 cm³/mol. The highest BCUT2D eigenvalue weighted by Crippen LogP contribution is 2.33. The van der Waals surface area contributed by atoms with Gasteiger partial charge in [0.05, 0.1) is 0 Å². The molecular weight excluding hydrogens is 244 g/mol. The molecule has 0 unspecified atom stereocenters. The van der Waals surface area contributed by atoms with Gasteiger partial charge in [-0.3, -0.25) is 0 Å².